The molecule has 1 aliphatic heterocycles. The summed E-state index contributed by atoms with van der Waals surface area (Å²) in [5.41, 5.74) is 0.883. The van der Waals surface area contributed by atoms with E-state index in [1.54, 1.807) is 20.2 Å². The molecule has 1 aromatic carbocycles. The zero-order chi connectivity index (χ0) is 11.5. The zero-order valence-electron chi connectivity index (χ0n) is 9.32. The molecule has 5 nitrogen and oxygen atoms in total. The lowest BCUT2D eigenvalue weighted by atomic mass is 10.1. The van der Waals surface area contributed by atoms with Crippen molar-refractivity contribution in [1.82, 2.24) is 5.32 Å². The molecule has 1 unspecified atom stereocenters. The van der Waals surface area contributed by atoms with Crippen LogP contribution in [0.3, 0.4) is 0 Å². The molecule has 0 aromatic heterocycles. The van der Waals surface area contributed by atoms with Crippen LogP contribution < -0.4 is 19.5 Å². The number of methoxy groups -OCH3 is 1. The summed E-state index contributed by atoms with van der Waals surface area (Å²) in [5, 5.41) is 12.3. The summed E-state index contributed by atoms with van der Waals surface area (Å²) >= 11 is 0. The molecule has 2 N–H and O–H groups in total. The Kier molecular flexibility index (Phi) is 3.17. The Hall–Kier alpha value is -1.46. The number of likely N-dealkylation sites (N-methyl/N-ethyl adjacent to an activating group) is 1. The summed E-state index contributed by atoms with van der Waals surface area (Å²) in [6, 6.07) is 3.61. The van der Waals surface area contributed by atoms with Gasteiger partial charge in [-0.15, -0.1) is 0 Å². The van der Waals surface area contributed by atoms with Crippen LogP contribution in [-0.4, -0.2) is 32.3 Å². The Morgan fingerprint density at radius 2 is 2.12 bits per heavy atom. The van der Waals surface area contributed by atoms with E-state index < -0.39 is 6.23 Å². The van der Waals surface area contributed by atoms with Crippen LogP contribution in [0.25, 0.3) is 0 Å². The number of aliphatic hydroxyl groups is 1. The van der Waals surface area contributed by atoms with E-state index in [2.05, 4.69) is 5.32 Å². The van der Waals surface area contributed by atoms with Crippen molar-refractivity contribution in [3.05, 3.63) is 17.7 Å². The summed E-state index contributed by atoms with van der Waals surface area (Å²) in [4.78, 5) is 0. The number of aliphatic hydroxyl groups excluding tert-OH is 1. The molecular formula is C11H15NO4. The number of fused-ring (bicyclic) bond motifs is 1. The molecule has 1 heterocycles. The average Bonchev–Trinajstić information content (AvgIpc) is 2.74. The molecule has 1 aliphatic rings. The normalized spacial score (nSPS) is 14.9. The molecule has 0 spiro atoms. The molecule has 16 heavy (non-hydrogen) atoms. The highest BCUT2D eigenvalue weighted by molar-refractivity contribution is 5.52. The summed E-state index contributed by atoms with van der Waals surface area (Å²) < 4.78 is 15.8. The third kappa shape index (κ3) is 2.05. The Labute approximate surface area is 93.9 Å². The summed E-state index contributed by atoms with van der Waals surface area (Å²) in [5.74, 6) is 2.07. The van der Waals surface area contributed by atoms with Crippen LogP contribution >= 0.6 is 0 Å². The average molecular weight is 225 g/mol. The number of ether oxygens (including phenoxy) is 3. The standard InChI is InChI=1S/C11H15NO4/c1-12-11(13)4-7-3-9-10(16-6-15-9)5-8(7)14-2/h3,5,11-13H,4,6H2,1-2H3. The van der Waals surface area contributed by atoms with Crippen LogP contribution in [0.2, 0.25) is 0 Å². The maximum Gasteiger partial charge on any atom is 0.231 e. The van der Waals surface area contributed by atoms with E-state index in [1.807, 2.05) is 6.07 Å². The van der Waals surface area contributed by atoms with E-state index in [4.69, 9.17) is 14.2 Å². The van der Waals surface area contributed by atoms with Gasteiger partial charge in [0.1, 0.15) is 12.0 Å². The first-order valence-electron chi connectivity index (χ1n) is 5.06. The zero-order valence-corrected chi connectivity index (χ0v) is 9.32. The minimum absolute atomic E-state index is 0.233. The van der Waals surface area contributed by atoms with Crippen LogP contribution in [0, 0.1) is 0 Å². The lowest BCUT2D eigenvalue weighted by Gasteiger charge is -2.13. The lowest BCUT2D eigenvalue weighted by molar-refractivity contribution is 0.146. The monoisotopic (exact) mass is 225 g/mol. The first kappa shape index (κ1) is 11.0. The molecule has 2 rings (SSSR count). The van der Waals surface area contributed by atoms with Gasteiger partial charge >= 0.3 is 0 Å². The van der Waals surface area contributed by atoms with Crippen LogP contribution in [-0.2, 0) is 6.42 Å². The van der Waals surface area contributed by atoms with E-state index in [0.29, 0.717) is 23.7 Å². The van der Waals surface area contributed by atoms with E-state index in [0.717, 1.165) is 5.56 Å². The molecule has 0 bridgehead atoms. The highest BCUT2D eigenvalue weighted by Crippen LogP contribution is 2.38. The predicted octanol–water partition coefficient (Wildman–Crippen LogP) is 0.504. The fraction of sp³-hybridized carbons (Fsp3) is 0.455. The molecule has 0 amide bonds. The smallest absolute Gasteiger partial charge is 0.231 e. The summed E-state index contributed by atoms with van der Waals surface area (Å²) in [6.45, 7) is 0.233. The second-order valence-corrected chi connectivity index (χ2v) is 3.53. The molecular weight excluding hydrogens is 210 g/mol. The molecule has 5 heteroatoms. The molecule has 0 saturated heterocycles. The van der Waals surface area contributed by atoms with Crippen LogP contribution in [0.5, 0.6) is 17.2 Å². The van der Waals surface area contributed by atoms with Gasteiger partial charge in [-0.05, 0) is 13.1 Å². The van der Waals surface area contributed by atoms with Gasteiger partial charge in [-0.25, -0.2) is 0 Å². The number of nitrogens with one attached hydrogen (secondary N) is 1. The Balaban J connectivity index is 2.28. The number of rotatable bonds is 4. The fourth-order valence-corrected chi connectivity index (χ4v) is 1.63. The number of benzene rings is 1. The van der Waals surface area contributed by atoms with Crippen LogP contribution in [0.15, 0.2) is 12.1 Å². The second-order valence-electron chi connectivity index (χ2n) is 3.53. The Bertz CT molecular complexity index is 380. The maximum atomic E-state index is 9.54. The number of hydrogen-bond acceptors (Lipinski definition) is 5. The van der Waals surface area contributed by atoms with Crippen LogP contribution in [0.1, 0.15) is 5.56 Å². The predicted molar refractivity (Wildman–Crippen MR) is 57.9 cm³/mol. The highest BCUT2D eigenvalue weighted by Gasteiger charge is 2.18. The van der Waals surface area contributed by atoms with Gasteiger partial charge in [0.2, 0.25) is 6.79 Å². The first-order valence-corrected chi connectivity index (χ1v) is 5.06. The van der Waals surface area contributed by atoms with Crippen molar-refractivity contribution in [2.75, 3.05) is 21.0 Å². The lowest BCUT2D eigenvalue weighted by Crippen LogP contribution is -2.26. The Morgan fingerprint density at radius 3 is 2.75 bits per heavy atom. The van der Waals surface area contributed by atoms with E-state index >= 15 is 0 Å². The molecule has 0 fully saturated rings. The third-order valence-corrected chi connectivity index (χ3v) is 2.52. The van der Waals surface area contributed by atoms with E-state index in [9.17, 15) is 5.11 Å². The largest absolute Gasteiger partial charge is 0.496 e. The first-order chi connectivity index (χ1) is 7.74. The molecule has 0 saturated carbocycles. The van der Waals surface area contributed by atoms with Gasteiger partial charge in [-0.3, -0.25) is 5.32 Å². The minimum Gasteiger partial charge on any atom is -0.496 e. The van der Waals surface area contributed by atoms with Crippen molar-refractivity contribution in [2.45, 2.75) is 12.6 Å². The molecule has 88 valence electrons. The van der Waals surface area contributed by atoms with Crippen molar-refractivity contribution < 1.29 is 19.3 Å². The summed E-state index contributed by atoms with van der Waals surface area (Å²) in [7, 11) is 3.29. The van der Waals surface area contributed by atoms with E-state index in [-0.39, 0.29) is 6.79 Å². The molecule has 0 aliphatic carbocycles. The third-order valence-electron chi connectivity index (χ3n) is 2.52. The maximum absolute atomic E-state index is 9.54. The van der Waals surface area contributed by atoms with Gasteiger partial charge in [-0.1, -0.05) is 0 Å². The summed E-state index contributed by atoms with van der Waals surface area (Å²) in [6.07, 6.45) is -0.148. The quantitative estimate of drug-likeness (QED) is 0.731. The van der Waals surface area contributed by atoms with Crippen molar-refractivity contribution in [1.29, 1.82) is 0 Å². The highest BCUT2D eigenvalue weighted by atomic mass is 16.7. The van der Waals surface area contributed by atoms with E-state index in [1.165, 1.54) is 0 Å². The second kappa shape index (κ2) is 4.59. The van der Waals surface area contributed by atoms with Gasteiger partial charge in [0, 0.05) is 18.1 Å². The minimum atomic E-state index is -0.603. The van der Waals surface area contributed by atoms with Crippen molar-refractivity contribution >= 4 is 0 Å². The Morgan fingerprint density at radius 1 is 1.44 bits per heavy atom. The fourth-order valence-electron chi connectivity index (χ4n) is 1.63. The molecule has 1 atom stereocenters. The topological polar surface area (TPSA) is 60.0 Å². The number of hydrogen-bond donors (Lipinski definition) is 2. The van der Waals surface area contributed by atoms with Crippen molar-refractivity contribution in [3.8, 4) is 17.2 Å². The van der Waals surface area contributed by atoms with Crippen molar-refractivity contribution in [3.63, 3.8) is 0 Å². The van der Waals surface area contributed by atoms with Crippen molar-refractivity contribution in [2.24, 2.45) is 0 Å². The van der Waals surface area contributed by atoms with Gasteiger partial charge in [0.15, 0.2) is 11.5 Å². The van der Waals surface area contributed by atoms with Gasteiger partial charge in [0.05, 0.1) is 7.11 Å². The molecule has 0 radical (unpaired) electrons. The SMILES string of the molecule is CNC(O)Cc1cc2c(cc1OC)OCO2. The van der Waals surface area contributed by atoms with Gasteiger partial charge < -0.3 is 19.3 Å². The van der Waals surface area contributed by atoms with Crippen LogP contribution in [0.4, 0.5) is 0 Å². The van der Waals surface area contributed by atoms with Gasteiger partial charge in [0.25, 0.3) is 0 Å². The van der Waals surface area contributed by atoms with Gasteiger partial charge in [-0.2, -0.15) is 0 Å². The molecule has 1 aromatic rings.